The Morgan fingerprint density at radius 3 is 2.82 bits per heavy atom. The maximum absolute atomic E-state index is 5.54. The van der Waals surface area contributed by atoms with Gasteiger partial charge in [-0.25, -0.2) is 4.98 Å². The number of aromatic nitrogens is 2. The second-order valence-corrected chi connectivity index (χ2v) is 4.08. The first-order chi connectivity index (χ1) is 8.36. The molecule has 2 heterocycles. The molecule has 0 unspecified atom stereocenters. The van der Waals surface area contributed by atoms with Crippen LogP contribution in [0.4, 0.5) is 0 Å². The molecule has 1 aromatic heterocycles. The molecular formula is C12H12N2O2S. The van der Waals surface area contributed by atoms with Gasteiger partial charge in [0.1, 0.15) is 19.0 Å². The van der Waals surface area contributed by atoms with E-state index in [1.54, 1.807) is 6.20 Å². The molecule has 1 aliphatic heterocycles. The van der Waals surface area contributed by atoms with Crippen molar-refractivity contribution in [2.24, 2.45) is 0 Å². The van der Waals surface area contributed by atoms with Crippen LogP contribution in [-0.4, -0.2) is 23.2 Å². The van der Waals surface area contributed by atoms with Gasteiger partial charge >= 0.3 is 0 Å². The van der Waals surface area contributed by atoms with Gasteiger partial charge in [0.2, 0.25) is 0 Å². The van der Waals surface area contributed by atoms with Gasteiger partial charge in [-0.3, -0.25) is 0 Å². The molecular weight excluding hydrogens is 236 g/mol. The van der Waals surface area contributed by atoms with E-state index in [1.807, 2.05) is 18.2 Å². The number of hydrogen-bond donors (Lipinski definition) is 2. The van der Waals surface area contributed by atoms with Crippen LogP contribution in [0.2, 0.25) is 0 Å². The van der Waals surface area contributed by atoms with Crippen molar-refractivity contribution in [2.75, 3.05) is 13.2 Å². The Hall–Kier alpha value is -1.62. The molecule has 2 aromatic rings. The maximum atomic E-state index is 5.54. The highest BCUT2D eigenvalue weighted by Crippen LogP contribution is 2.33. The lowest BCUT2D eigenvalue weighted by molar-refractivity contribution is 0.171. The summed E-state index contributed by atoms with van der Waals surface area (Å²) in [7, 11) is 0. The Morgan fingerprint density at radius 1 is 1.24 bits per heavy atom. The molecule has 0 atom stereocenters. The molecule has 0 amide bonds. The third-order valence-corrected chi connectivity index (χ3v) is 2.93. The Morgan fingerprint density at radius 2 is 2.06 bits per heavy atom. The quantitative estimate of drug-likeness (QED) is 0.801. The lowest BCUT2D eigenvalue weighted by Gasteiger charge is -2.18. The Bertz CT molecular complexity index is 539. The first kappa shape index (κ1) is 10.5. The molecule has 0 saturated carbocycles. The number of rotatable bonds is 2. The Kier molecular flexibility index (Phi) is 2.68. The second-order valence-electron chi connectivity index (χ2n) is 3.76. The van der Waals surface area contributed by atoms with E-state index in [9.17, 15) is 0 Å². The van der Waals surface area contributed by atoms with Gasteiger partial charge in [0, 0.05) is 11.3 Å². The molecule has 3 rings (SSSR count). The van der Waals surface area contributed by atoms with Crippen molar-refractivity contribution in [3.63, 3.8) is 0 Å². The summed E-state index contributed by atoms with van der Waals surface area (Å²) in [5, 5.41) is 0. The predicted octanol–water partition coefficient (Wildman–Crippen LogP) is 2.28. The van der Waals surface area contributed by atoms with E-state index >= 15 is 0 Å². The fourth-order valence-electron chi connectivity index (χ4n) is 1.80. The highest BCUT2D eigenvalue weighted by molar-refractivity contribution is 7.79. The number of imidazole rings is 1. The molecule has 0 saturated heterocycles. The standard InChI is InChI=1S/C12H12N2O2S/c17-7-12-13-6-9(14-12)8-1-2-10-11(5-8)16-4-3-15-10/h1-2,5-6,17H,3-4,7H2,(H,13,14). The van der Waals surface area contributed by atoms with Crippen LogP contribution < -0.4 is 9.47 Å². The predicted molar refractivity (Wildman–Crippen MR) is 67.7 cm³/mol. The largest absolute Gasteiger partial charge is 0.486 e. The highest BCUT2D eigenvalue weighted by Gasteiger charge is 2.13. The Balaban J connectivity index is 1.97. The van der Waals surface area contributed by atoms with Crippen LogP contribution in [0.15, 0.2) is 24.4 Å². The number of aromatic amines is 1. The van der Waals surface area contributed by atoms with Gasteiger partial charge in [0.15, 0.2) is 11.5 Å². The monoisotopic (exact) mass is 248 g/mol. The number of H-pyrrole nitrogens is 1. The van der Waals surface area contributed by atoms with Crippen molar-refractivity contribution >= 4 is 12.6 Å². The molecule has 17 heavy (non-hydrogen) atoms. The summed E-state index contributed by atoms with van der Waals surface area (Å²) >= 11 is 4.18. The van der Waals surface area contributed by atoms with Gasteiger partial charge < -0.3 is 14.5 Å². The summed E-state index contributed by atoms with van der Waals surface area (Å²) in [6.45, 7) is 1.21. The third-order valence-electron chi connectivity index (χ3n) is 2.63. The van der Waals surface area contributed by atoms with Gasteiger partial charge in [0.05, 0.1) is 11.9 Å². The molecule has 1 N–H and O–H groups in total. The van der Waals surface area contributed by atoms with Crippen molar-refractivity contribution in [1.29, 1.82) is 0 Å². The molecule has 0 spiro atoms. The minimum atomic E-state index is 0.599. The third kappa shape index (κ3) is 1.98. The number of ether oxygens (including phenoxy) is 2. The van der Waals surface area contributed by atoms with Crippen molar-refractivity contribution in [3.05, 3.63) is 30.2 Å². The van der Waals surface area contributed by atoms with Crippen LogP contribution in [0.3, 0.4) is 0 Å². The van der Waals surface area contributed by atoms with E-state index in [-0.39, 0.29) is 0 Å². The first-order valence-corrected chi connectivity index (χ1v) is 6.05. The van der Waals surface area contributed by atoms with Crippen LogP contribution in [0.1, 0.15) is 5.82 Å². The maximum Gasteiger partial charge on any atom is 0.162 e. The van der Waals surface area contributed by atoms with Gasteiger partial charge in [-0.2, -0.15) is 12.6 Å². The molecule has 1 aromatic carbocycles. The number of thiol groups is 1. The van der Waals surface area contributed by atoms with E-state index in [1.165, 1.54) is 0 Å². The zero-order valence-corrected chi connectivity index (χ0v) is 10.0. The molecule has 0 aliphatic carbocycles. The molecule has 88 valence electrons. The van der Waals surface area contributed by atoms with Gasteiger partial charge in [-0.15, -0.1) is 0 Å². The molecule has 0 bridgehead atoms. The summed E-state index contributed by atoms with van der Waals surface area (Å²) in [5.74, 6) is 3.05. The molecule has 0 radical (unpaired) electrons. The molecule has 4 nitrogen and oxygen atoms in total. The summed E-state index contributed by atoms with van der Waals surface area (Å²) in [5.41, 5.74) is 2.00. The van der Waals surface area contributed by atoms with Crippen molar-refractivity contribution in [2.45, 2.75) is 5.75 Å². The Labute approximate surface area is 104 Å². The van der Waals surface area contributed by atoms with Crippen molar-refractivity contribution < 1.29 is 9.47 Å². The number of hydrogen-bond acceptors (Lipinski definition) is 4. The molecule has 1 aliphatic rings. The minimum absolute atomic E-state index is 0.599. The SMILES string of the molecule is SCc1ncc(-c2ccc3c(c2)OCCO3)[nH]1. The minimum Gasteiger partial charge on any atom is -0.486 e. The average Bonchev–Trinajstić information content (AvgIpc) is 2.87. The number of nitrogens with one attached hydrogen (secondary N) is 1. The van der Waals surface area contributed by atoms with E-state index < -0.39 is 0 Å². The smallest absolute Gasteiger partial charge is 0.162 e. The van der Waals surface area contributed by atoms with Crippen LogP contribution in [0, 0.1) is 0 Å². The van der Waals surface area contributed by atoms with Crippen molar-refractivity contribution in [3.8, 4) is 22.8 Å². The van der Waals surface area contributed by atoms with E-state index in [0.717, 1.165) is 28.6 Å². The number of nitrogens with zero attached hydrogens (tertiary/aromatic N) is 1. The first-order valence-electron chi connectivity index (χ1n) is 5.41. The van der Waals surface area contributed by atoms with Gasteiger partial charge in [0.25, 0.3) is 0 Å². The van der Waals surface area contributed by atoms with E-state index in [0.29, 0.717) is 19.0 Å². The zero-order chi connectivity index (χ0) is 11.7. The fraction of sp³-hybridized carbons (Fsp3) is 0.250. The van der Waals surface area contributed by atoms with Crippen LogP contribution in [-0.2, 0) is 5.75 Å². The van der Waals surface area contributed by atoms with Crippen LogP contribution >= 0.6 is 12.6 Å². The summed E-state index contributed by atoms with van der Waals surface area (Å²) in [6.07, 6.45) is 1.80. The highest BCUT2D eigenvalue weighted by atomic mass is 32.1. The summed E-state index contributed by atoms with van der Waals surface area (Å²) in [6, 6.07) is 5.87. The lowest BCUT2D eigenvalue weighted by atomic mass is 10.1. The number of fused-ring (bicyclic) bond motifs is 1. The van der Waals surface area contributed by atoms with Crippen LogP contribution in [0.25, 0.3) is 11.3 Å². The number of benzene rings is 1. The normalized spacial score (nSPS) is 13.7. The molecule has 5 heteroatoms. The van der Waals surface area contributed by atoms with Crippen LogP contribution in [0.5, 0.6) is 11.5 Å². The zero-order valence-electron chi connectivity index (χ0n) is 9.14. The topological polar surface area (TPSA) is 47.1 Å². The second kappa shape index (κ2) is 4.33. The summed E-state index contributed by atoms with van der Waals surface area (Å²) < 4.78 is 11.0. The lowest BCUT2D eigenvalue weighted by Crippen LogP contribution is -2.15. The fourth-order valence-corrected chi connectivity index (χ4v) is 1.96. The summed E-state index contributed by atoms with van der Waals surface area (Å²) in [4.78, 5) is 7.42. The average molecular weight is 248 g/mol. The van der Waals surface area contributed by atoms with Crippen molar-refractivity contribution in [1.82, 2.24) is 9.97 Å². The van der Waals surface area contributed by atoms with Gasteiger partial charge in [-0.1, -0.05) is 0 Å². The molecule has 0 fully saturated rings. The van der Waals surface area contributed by atoms with E-state index in [2.05, 4.69) is 22.6 Å². The van der Waals surface area contributed by atoms with Gasteiger partial charge in [-0.05, 0) is 18.2 Å². The van der Waals surface area contributed by atoms with E-state index in [4.69, 9.17) is 9.47 Å².